The summed E-state index contributed by atoms with van der Waals surface area (Å²) in [6.07, 6.45) is 1.66. The molecule has 0 aromatic heterocycles. The van der Waals surface area contributed by atoms with Gasteiger partial charge < -0.3 is 5.11 Å². The molecule has 5 heteroatoms. The normalized spacial score (nSPS) is 19.6. The van der Waals surface area contributed by atoms with Crippen LogP contribution in [0, 0.1) is 11.8 Å². The average molecular weight is 265 g/mol. The summed E-state index contributed by atoms with van der Waals surface area (Å²) in [7, 11) is -3.28. The minimum atomic E-state index is -3.28. The van der Waals surface area contributed by atoms with Crippen molar-refractivity contribution in [1.82, 2.24) is 4.72 Å². The van der Waals surface area contributed by atoms with Gasteiger partial charge in [-0.2, -0.15) is 0 Å². The summed E-state index contributed by atoms with van der Waals surface area (Å²) in [6, 6.07) is 0. The smallest absolute Gasteiger partial charge is 0.211 e. The molecule has 0 rings (SSSR count). The number of hydrogen-bond acceptors (Lipinski definition) is 3. The molecule has 0 aromatic rings. The van der Waals surface area contributed by atoms with Crippen molar-refractivity contribution in [3.63, 3.8) is 0 Å². The molecule has 0 heterocycles. The van der Waals surface area contributed by atoms with Crippen LogP contribution < -0.4 is 4.72 Å². The summed E-state index contributed by atoms with van der Waals surface area (Å²) in [5.74, 6) is 0.329. The molecule has 4 nitrogen and oxygen atoms in total. The Morgan fingerprint density at radius 2 is 1.76 bits per heavy atom. The van der Waals surface area contributed by atoms with Gasteiger partial charge in [-0.3, -0.25) is 0 Å². The Labute approximate surface area is 106 Å². The predicted molar refractivity (Wildman–Crippen MR) is 71.3 cm³/mol. The van der Waals surface area contributed by atoms with Gasteiger partial charge in [-0.25, -0.2) is 13.1 Å². The van der Waals surface area contributed by atoms with Crippen LogP contribution in [0.3, 0.4) is 0 Å². The zero-order valence-corrected chi connectivity index (χ0v) is 12.5. The van der Waals surface area contributed by atoms with Crippen LogP contribution in [0.2, 0.25) is 0 Å². The van der Waals surface area contributed by atoms with Crippen LogP contribution in [0.1, 0.15) is 47.5 Å². The van der Waals surface area contributed by atoms with Crippen LogP contribution in [0.5, 0.6) is 0 Å². The van der Waals surface area contributed by atoms with E-state index in [-0.39, 0.29) is 24.1 Å². The number of rotatable bonds is 8. The maximum Gasteiger partial charge on any atom is 0.211 e. The number of hydrogen-bond donors (Lipinski definition) is 2. The van der Waals surface area contributed by atoms with Gasteiger partial charge in [0.15, 0.2) is 0 Å². The lowest BCUT2D eigenvalue weighted by Gasteiger charge is -2.29. The number of nitrogens with one attached hydrogen (secondary N) is 1. The second kappa shape index (κ2) is 6.71. The molecule has 3 unspecified atom stereocenters. The summed E-state index contributed by atoms with van der Waals surface area (Å²) < 4.78 is 26.0. The van der Waals surface area contributed by atoms with E-state index in [1.54, 1.807) is 6.92 Å². The zero-order chi connectivity index (χ0) is 13.7. The van der Waals surface area contributed by atoms with Gasteiger partial charge in [-0.1, -0.05) is 40.5 Å². The van der Waals surface area contributed by atoms with Gasteiger partial charge in [-0.15, -0.1) is 0 Å². The predicted octanol–water partition coefficient (Wildman–Crippen LogP) is 1.75. The van der Waals surface area contributed by atoms with Crippen LogP contribution in [0.4, 0.5) is 0 Å². The Balaban J connectivity index is 4.36. The molecule has 0 aromatic carbocycles. The molecule has 0 fully saturated rings. The molecule has 0 aliphatic heterocycles. The molecule has 0 aliphatic carbocycles. The molecule has 2 N–H and O–H groups in total. The molecule has 0 saturated carbocycles. The lowest BCUT2D eigenvalue weighted by molar-refractivity contribution is 0.0102. The second-order valence-corrected chi connectivity index (χ2v) is 7.13. The van der Waals surface area contributed by atoms with E-state index in [1.165, 1.54) is 0 Å². The van der Waals surface area contributed by atoms with Crippen molar-refractivity contribution in [3.8, 4) is 0 Å². The van der Waals surface area contributed by atoms with E-state index in [0.717, 1.165) is 12.8 Å². The van der Waals surface area contributed by atoms with Crippen molar-refractivity contribution in [2.75, 3.05) is 12.3 Å². The largest absolute Gasteiger partial charge is 0.389 e. The van der Waals surface area contributed by atoms with Gasteiger partial charge in [0.2, 0.25) is 10.0 Å². The zero-order valence-electron chi connectivity index (χ0n) is 11.7. The Hall–Kier alpha value is -0.130. The fourth-order valence-corrected chi connectivity index (χ4v) is 3.04. The first kappa shape index (κ1) is 16.9. The average Bonchev–Trinajstić information content (AvgIpc) is 2.24. The van der Waals surface area contributed by atoms with Gasteiger partial charge in [-0.05, 0) is 18.8 Å². The SMILES string of the molecule is CCC(C)CS(=O)(=O)NCC(C)(O)C(C)CC. The van der Waals surface area contributed by atoms with E-state index in [4.69, 9.17) is 0 Å². The Morgan fingerprint density at radius 1 is 1.24 bits per heavy atom. The topological polar surface area (TPSA) is 66.4 Å². The van der Waals surface area contributed by atoms with Gasteiger partial charge in [0.05, 0.1) is 11.4 Å². The molecule has 0 saturated heterocycles. The standard InChI is InChI=1S/C12H27NO3S/c1-6-10(3)8-17(15,16)13-9-12(5,14)11(4)7-2/h10-11,13-14H,6-9H2,1-5H3. The van der Waals surface area contributed by atoms with Gasteiger partial charge in [0.25, 0.3) is 0 Å². The van der Waals surface area contributed by atoms with E-state index in [0.29, 0.717) is 0 Å². The van der Waals surface area contributed by atoms with Crippen LogP contribution in [0.25, 0.3) is 0 Å². The third-order valence-corrected chi connectivity index (χ3v) is 5.12. The molecule has 0 aliphatic rings. The third-order valence-electron chi connectivity index (χ3n) is 3.52. The molecule has 0 bridgehead atoms. The minimum absolute atomic E-state index is 0.0637. The summed E-state index contributed by atoms with van der Waals surface area (Å²) in [4.78, 5) is 0. The van der Waals surface area contributed by atoms with E-state index in [2.05, 4.69) is 4.72 Å². The van der Waals surface area contributed by atoms with Crippen LogP contribution in [0.15, 0.2) is 0 Å². The van der Waals surface area contributed by atoms with Gasteiger partial charge in [0.1, 0.15) is 0 Å². The first-order valence-electron chi connectivity index (χ1n) is 6.34. The highest BCUT2D eigenvalue weighted by Gasteiger charge is 2.28. The Bertz CT molecular complexity index is 312. The molecule has 17 heavy (non-hydrogen) atoms. The van der Waals surface area contributed by atoms with Crippen molar-refractivity contribution in [1.29, 1.82) is 0 Å². The minimum Gasteiger partial charge on any atom is -0.389 e. The van der Waals surface area contributed by atoms with Crippen LogP contribution in [-0.2, 0) is 10.0 Å². The molecule has 0 radical (unpaired) electrons. The quantitative estimate of drug-likeness (QED) is 0.702. The van der Waals surface area contributed by atoms with Crippen molar-refractivity contribution >= 4 is 10.0 Å². The number of sulfonamides is 1. The van der Waals surface area contributed by atoms with Crippen molar-refractivity contribution in [3.05, 3.63) is 0 Å². The van der Waals surface area contributed by atoms with Crippen LogP contribution >= 0.6 is 0 Å². The highest BCUT2D eigenvalue weighted by atomic mass is 32.2. The highest BCUT2D eigenvalue weighted by molar-refractivity contribution is 7.89. The molecular formula is C12H27NO3S. The first-order chi connectivity index (χ1) is 7.64. The summed E-state index contributed by atoms with van der Waals surface area (Å²) in [6.45, 7) is 9.53. The van der Waals surface area contributed by atoms with E-state index in [1.807, 2.05) is 27.7 Å². The Morgan fingerprint density at radius 3 is 2.18 bits per heavy atom. The van der Waals surface area contributed by atoms with E-state index in [9.17, 15) is 13.5 Å². The molecule has 3 atom stereocenters. The lowest BCUT2D eigenvalue weighted by atomic mass is 9.89. The molecule has 0 spiro atoms. The van der Waals surface area contributed by atoms with Crippen molar-refractivity contribution < 1.29 is 13.5 Å². The van der Waals surface area contributed by atoms with E-state index >= 15 is 0 Å². The molecular weight excluding hydrogens is 238 g/mol. The molecule has 104 valence electrons. The molecule has 0 amide bonds. The maximum absolute atomic E-state index is 11.7. The summed E-state index contributed by atoms with van der Waals surface area (Å²) in [5, 5.41) is 10.1. The van der Waals surface area contributed by atoms with Gasteiger partial charge in [0, 0.05) is 6.54 Å². The fourth-order valence-electron chi connectivity index (χ4n) is 1.42. The number of aliphatic hydroxyl groups is 1. The van der Waals surface area contributed by atoms with Crippen LogP contribution in [-0.4, -0.2) is 31.4 Å². The van der Waals surface area contributed by atoms with E-state index < -0.39 is 15.6 Å². The first-order valence-corrected chi connectivity index (χ1v) is 7.99. The lowest BCUT2D eigenvalue weighted by Crippen LogP contribution is -2.45. The third kappa shape index (κ3) is 6.38. The monoisotopic (exact) mass is 265 g/mol. The van der Waals surface area contributed by atoms with Gasteiger partial charge >= 0.3 is 0 Å². The Kier molecular flexibility index (Phi) is 6.66. The fraction of sp³-hybridized carbons (Fsp3) is 1.00. The van der Waals surface area contributed by atoms with Crippen molar-refractivity contribution in [2.45, 2.75) is 53.1 Å². The maximum atomic E-state index is 11.7. The van der Waals surface area contributed by atoms with Crippen molar-refractivity contribution in [2.24, 2.45) is 11.8 Å². The highest BCUT2D eigenvalue weighted by Crippen LogP contribution is 2.19. The second-order valence-electron chi connectivity index (χ2n) is 5.28. The summed E-state index contributed by atoms with van der Waals surface area (Å²) in [5.41, 5.74) is -0.989. The summed E-state index contributed by atoms with van der Waals surface area (Å²) >= 11 is 0.